The molecule has 2 nitrogen and oxygen atoms in total. The van der Waals surface area contributed by atoms with Gasteiger partial charge in [-0.3, -0.25) is 0 Å². The molecule has 0 bridgehead atoms. The molecule has 0 saturated carbocycles. The molecule has 2 aromatic rings. The number of benzene rings is 2. The number of hydrogen-bond acceptors (Lipinski definition) is 2. The summed E-state index contributed by atoms with van der Waals surface area (Å²) in [6.07, 6.45) is 2.27. The fraction of sp³-hybridized carbons (Fsp3) is 0.455. The zero-order valence-corrected chi connectivity index (χ0v) is 15.1. The highest BCUT2D eigenvalue weighted by Gasteiger charge is 2.37. The summed E-state index contributed by atoms with van der Waals surface area (Å²) in [6, 6.07) is 16.7. The van der Waals surface area contributed by atoms with Crippen molar-refractivity contribution in [1.29, 1.82) is 0 Å². The molecule has 0 amide bonds. The summed E-state index contributed by atoms with van der Waals surface area (Å²) in [5.74, 6) is 0.952. The Bertz CT molecular complexity index is 696. The highest BCUT2D eigenvalue weighted by atomic mass is 16.3. The maximum absolute atomic E-state index is 9.82. The lowest BCUT2D eigenvalue weighted by molar-refractivity contribution is 0.112. The Labute approximate surface area is 146 Å². The van der Waals surface area contributed by atoms with E-state index in [1.165, 1.54) is 16.7 Å². The van der Waals surface area contributed by atoms with E-state index in [1.807, 2.05) is 12.1 Å². The third-order valence-electron chi connectivity index (χ3n) is 5.87. The fourth-order valence-electron chi connectivity index (χ4n) is 3.96. The second-order valence-electron chi connectivity index (χ2n) is 7.66. The van der Waals surface area contributed by atoms with E-state index >= 15 is 0 Å². The molecule has 1 N–H and O–H groups in total. The Morgan fingerprint density at radius 2 is 1.96 bits per heavy atom. The van der Waals surface area contributed by atoms with E-state index in [1.54, 1.807) is 6.07 Å². The van der Waals surface area contributed by atoms with Crippen molar-refractivity contribution in [2.45, 2.75) is 39.0 Å². The summed E-state index contributed by atoms with van der Waals surface area (Å²) in [4.78, 5) is 2.59. The van der Waals surface area contributed by atoms with Gasteiger partial charge in [-0.05, 0) is 60.9 Å². The highest BCUT2D eigenvalue weighted by Crippen LogP contribution is 2.40. The Morgan fingerprint density at radius 3 is 2.67 bits per heavy atom. The molecule has 0 spiro atoms. The Morgan fingerprint density at radius 1 is 1.17 bits per heavy atom. The largest absolute Gasteiger partial charge is 0.508 e. The van der Waals surface area contributed by atoms with E-state index in [4.69, 9.17) is 0 Å². The van der Waals surface area contributed by atoms with E-state index in [2.05, 4.69) is 56.0 Å². The molecule has 0 aromatic heterocycles. The topological polar surface area (TPSA) is 23.5 Å². The standard InChI is InChI=1S/C22H29NO/c1-17-6-4-7-19(14-17)10-12-23-13-11-22(3,18(2)16-23)20-8-5-9-21(24)15-20/h4-9,14-15,18,24H,10-13,16H2,1-3H3/t18-,22+/m1/s1. The molecule has 1 aliphatic rings. The van der Waals surface area contributed by atoms with Gasteiger partial charge < -0.3 is 10.0 Å². The molecule has 2 aromatic carbocycles. The van der Waals surface area contributed by atoms with Gasteiger partial charge in [0.25, 0.3) is 0 Å². The number of hydrogen-bond donors (Lipinski definition) is 1. The monoisotopic (exact) mass is 323 g/mol. The van der Waals surface area contributed by atoms with Crippen molar-refractivity contribution >= 4 is 0 Å². The molecule has 24 heavy (non-hydrogen) atoms. The smallest absolute Gasteiger partial charge is 0.115 e. The summed E-state index contributed by atoms with van der Waals surface area (Å²) in [6.45, 7) is 10.2. The lowest BCUT2D eigenvalue weighted by atomic mass is 9.68. The van der Waals surface area contributed by atoms with Crippen molar-refractivity contribution in [3.63, 3.8) is 0 Å². The molecule has 3 rings (SSSR count). The van der Waals surface area contributed by atoms with Crippen LogP contribution in [0.4, 0.5) is 0 Å². The number of nitrogens with zero attached hydrogens (tertiary/aromatic N) is 1. The maximum atomic E-state index is 9.82. The van der Waals surface area contributed by atoms with Crippen LogP contribution >= 0.6 is 0 Å². The molecule has 128 valence electrons. The van der Waals surface area contributed by atoms with Gasteiger partial charge in [0.1, 0.15) is 5.75 Å². The van der Waals surface area contributed by atoms with Crippen LogP contribution in [0.5, 0.6) is 5.75 Å². The van der Waals surface area contributed by atoms with Crippen LogP contribution in [-0.2, 0) is 11.8 Å². The van der Waals surface area contributed by atoms with Crippen LogP contribution in [0.15, 0.2) is 48.5 Å². The van der Waals surface area contributed by atoms with Crippen LogP contribution in [0.1, 0.15) is 37.0 Å². The normalized spacial score (nSPS) is 24.9. The first-order valence-corrected chi connectivity index (χ1v) is 9.05. The first kappa shape index (κ1) is 17.0. The molecular weight excluding hydrogens is 294 g/mol. The molecule has 2 atom stereocenters. The van der Waals surface area contributed by atoms with Gasteiger partial charge in [0.15, 0.2) is 0 Å². The van der Waals surface area contributed by atoms with Crippen molar-refractivity contribution in [2.24, 2.45) is 5.92 Å². The summed E-state index contributed by atoms with van der Waals surface area (Å²) in [7, 11) is 0. The Balaban J connectivity index is 1.62. The number of piperidine rings is 1. The van der Waals surface area contributed by atoms with Crippen molar-refractivity contribution < 1.29 is 5.11 Å². The minimum absolute atomic E-state index is 0.151. The second kappa shape index (κ2) is 6.98. The van der Waals surface area contributed by atoms with Gasteiger partial charge in [-0.2, -0.15) is 0 Å². The van der Waals surface area contributed by atoms with Crippen molar-refractivity contribution in [1.82, 2.24) is 4.90 Å². The van der Waals surface area contributed by atoms with E-state index in [9.17, 15) is 5.11 Å². The van der Waals surface area contributed by atoms with Crippen LogP contribution in [0.25, 0.3) is 0 Å². The molecule has 2 heteroatoms. The maximum Gasteiger partial charge on any atom is 0.115 e. The van der Waals surface area contributed by atoms with Crippen LogP contribution in [-0.4, -0.2) is 29.6 Å². The summed E-state index contributed by atoms with van der Waals surface area (Å²) in [5.41, 5.74) is 4.20. The minimum atomic E-state index is 0.151. The van der Waals surface area contributed by atoms with Crippen LogP contribution in [0.2, 0.25) is 0 Å². The molecule has 0 unspecified atom stereocenters. The van der Waals surface area contributed by atoms with E-state index in [0.29, 0.717) is 11.7 Å². The second-order valence-corrected chi connectivity index (χ2v) is 7.66. The van der Waals surface area contributed by atoms with Crippen LogP contribution < -0.4 is 0 Å². The number of phenols is 1. The van der Waals surface area contributed by atoms with Crippen molar-refractivity contribution in [3.8, 4) is 5.75 Å². The number of aromatic hydroxyl groups is 1. The predicted molar refractivity (Wildman–Crippen MR) is 101 cm³/mol. The van der Waals surface area contributed by atoms with E-state index < -0.39 is 0 Å². The quantitative estimate of drug-likeness (QED) is 0.893. The van der Waals surface area contributed by atoms with Crippen LogP contribution in [0, 0.1) is 12.8 Å². The SMILES string of the molecule is Cc1cccc(CCN2CC[C@](C)(c3cccc(O)c3)[C@H](C)C2)c1. The van der Waals surface area contributed by atoms with Gasteiger partial charge in [0.2, 0.25) is 0 Å². The van der Waals surface area contributed by atoms with Crippen molar-refractivity contribution in [3.05, 3.63) is 65.2 Å². The summed E-state index contributed by atoms with van der Waals surface area (Å²) >= 11 is 0. The Hall–Kier alpha value is -1.80. The molecule has 1 heterocycles. The first-order valence-electron chi connectivity index (χ1n) is 9.05. The zero-order chi connectivity index (χ0) is 17.2. The molecule has 0 radical (unpaired) electrons. The van der Waals surface area contributed by atoms with Gasteiger partial charge in [0.05, 0.1) is 0 Å². The number of phenolic OH excluding ortho intramolecular Hbond substituents is 1. The highest BCUT2D eigenvalue weighted by molar-refractivity contribution is 5.33. The lowest BCUT2D eigenvalue weighted by Gasteiger charge is -2.45. The third kappa shape index (κ3) is 3.64. The molecule has 1 aliphatic heterocycles. The number of rotatable bonds is 4. The van der Waals surface area contributed by atoms with Crippen LogP contribution in [0.3, 0.4) is 0 Å². The summed E-state index contributed by atoms with van der Waals surface area (Å²) < 4.78 is 0. The predicted octanol–water partition coefficient (Wildman–Crippen LogP) is 4.54. The molecule has 1 saturated heterocycles. The van der Waals surface area contributed by atoms with Gasteiger partial charge in [-0.1, -0.05) is 55.8 Å². The molecule has 1 fully saturated rings. The summed E-state index contributed by atoms with van der Waals surface area (Å²) in [5, 5.41) is 9.82. The molecule has 0 aliphatic carbocycles. The van der Waals surface area contributed by atoms with Gasteiger partial charge >= 0.3 is 0 Å². The third-order valence-corrected chi connectivity index (χ3v) is 5.87. The minimum Gasteiger partial charge on any atom is -0.508 e. The Kier molecular flexibility index (Phi) is 4.96. The van der Waals surface area contributed by atoms with Crippen molar-refractivity contribution in [2.75, 3.05) is 19.6 Å². The number of aryl methyl sites for hydroxylation is 1. The van der Waals surface area contributed by atoms with Gasteiger partial charge in [-0.15, -0.1) is 0 Å². The fourth-order valence-corrected chi connectivity index (χ4v) is 3.96. The average Bonchev–Trinajstić information content (AvgIpc) is 2.56. The first-order chi connectivity index (χ1) is 11.5. The van der Waals surface area contributed by atoms with Gasteiger partial charge in [0, 0.05) is 13.1 Å². The van der Waals surface area contributed by atoms with E-state index in [-0.39, 0.29) is 5.41 Å². The number of likely N-dealkylation sites (tertiary alicyclic amines) is 1. The average molecular weight is 323 g/mol. The van der Waals surface area contributed by atoms with E-state index in [0.717, 1.165) is 32.5 Å². The lowest BCUT2D eigenvalue weighted by Crippen LogP contribution is -2.47. The van der Waals surface area contributed by atoms with Gasteiger partial charge in [-0.25, -0.2) is 0 Å². The molecular formula is C22H29NO. The zero-order valence-electron chi connectivity index (χ0n) is 15.1.